The number of rotatable bonds is 6. The molecule has 2 aliphatic rings. The van der Waals surface area contributed by atoms with Gasteiger partial charge < -0.3 is 20.4 Å². The van der Waals surface area contributed by atoms with Crippen molar-refractivity contribution in [2.24, 2.45) is 10.9 Å². The molecule has 1 unspecified atom stereocenters. The summed E-state index contributed by atoms with van der Waals surface area (Å²) in [6.07, 6.45) is 5.59. The van der Waals surface area contributed by atoms with Crippen LogP contribution < -0.4 is 10.6 Å². The lowest BCUT2D eigenvalue weighted by atomic mass is 10.1. The first-order valence-corrected chi connectivity index (χ1v) is 9.84. The van der Waals surface area contributed by atoms with E-state index in [0.717, 1.165) is 51.4 Å². The topological polar surface area (TPSA) is 60.0 Å². The summed E-state index contributed by atoms with van der Waals surface area (Å²) < 4.78 is 0. The van der Waals surface area contributed by atoms with E-state index in [4.69, 9.17) is 4.99 Å². The van der Waals surface area contributed by atoms with Gasteiger partial charge in [0.1, 0.15) is 0 Å². The van der Waals surface area contributed by atoms with Crippen molar-refractivity contribution in [3.8, 4) is 0 Å². The maximum atomic E-state index is 12.6. The number of aliphatic imine (C=N–C) groups is 1. The first-order valence-electron chi connectivity index (χ1n) is 9.84. The zero-order chi connectivity index (χ0) is 18.4. The summed E-state index contributed by atoms with van der Waals surface area (Å²) >= 11 is 0. The molecule has 152 valence electrons. The van der Waals surface area contributed by atoms with Crippen molar-refractivity contribution in [3.05, 3.63) is 0 Å². The van der Waals surface area contributed by atoms with Crippen LogP contribution in [0.5, 0.6) is 0 Å². The molecule has 1 saturated carbocycles. The Kier molecular flexibility index (Phi) is 9.64. The van der Waals surface area contributed by atoms with Crippen LogP contribution in [0.15, 0.2) is 4.99 Å². The van der Waals surface area contributed by atoms with Gasteiger partial charge in [0.25, 0.3) is 0 Å². The molecule has 0 aromatic heterocycles. The summed E-state index contributed by atoms with van der Waals surface area (Å²) in [4.78, 5) is 21.6. The van der Waals surface area contributed by atoms with Gasteiger partial charge in [0.05, 0.1) is 6.54 Å². The number of carbonyl (C=O) groups excluding carboxylic acids is 1. The van der Waals surface area contributed by atoms with E-state index < -0.39 is 0 Å². The van der Waals surface area contributed by atoms with E-state index in [9.17, 15) is 4.79 Å². The molecule has 1 saturated heterocycles. The van der Waals surface area contributed by atoms with Gasteiger partial charge in [-0.3, -0.25) is 9.79 Å². The molecule has 6 nitrogen and oxygen atoms in total. The van der Waals surface area contributed by atoms with Gasteiger partial charge in [0.15, 0.2) is 5.96 Å². The van der Waals surface area contributed by atoms with Crippen LogP contribution in [0.4, 0.5) is 0 Å². The number of nitrogens with one attached hydrogen (secondary N) is 2. The van der Waals surface area contributed by atoms with Crippen LogP contribution in [0.25, 0.3) is 0 Å². The Hall–Kier alpha value is -0.570. The molecule has 2 N–H and O–H groups in total. The molecule has 1 heterocycles. The molecule has 1 amide bonds. The predicted octanol–water partition coefficient (Wildman–Crippen LogP) is 2.29. The van der Waals surface area contributed by atoms with Crippen LogP contribution in [0.2, 0.25) is 0 Å². The fraction of sp³-hybridized carbons (Fsp3) is 0.895. The number of carbonyl (C=O) groups is 1. The molecule has 0 aromatic carbocycles. The molecule has 1 atom stereocenters. The monoisotopic (exact) mass is 479 g/mol. The third kappa shape index (κ3) is 6.55. The lowest BCUT2D eigenvalue weighted by Gasteiger charge is -2.31. The van der Waals surface area contributed by atoms with Crippen LogP contribution >= 0.6 is 24.0 Å². The van der Waals surface area contributed by atoms with E-state index >= 15 is 0 Å². The fourth-order valence-corrected chi connectivity index (χ4v) is 3.44. The molecular weight excluding hydrogens is 441 g/mol. The number of hydrogen-bond acceptors (Lipinski definition) is 3. The SMILES string of the molecule is CCNC(=NCC(C)(C)N(C)C)NC1CCN(C(=O)C2CCCC2)C1.I. The first-order chi connectivity index (χ1) is 11.8. The average Bonchev–Trinajstić information content (AvgIpc) is 3.24. The van der Waals surface area contributed by atoms with E-state index in [1.54, 1.807) is 0 Å². The molecule has 0 bridgehead atoms. The molecule has 1 aliphatic carbocycles. The van der Waals surface area contributed by atoms with Crippen molar-refractivity contribution < 1.29 is 4.79 Å². The van der Waals surface area contributed by atoms with Gasteiger partial charge in [-0.1, -0.05) is 12.8 Å². The number of guanidine groups is 1. The van der Waals surface area contributed by atoms with Crippen molar-refractivity contribution in [2.75, 3.05) is 40.3 Å². The van der Waals surface area contributed by atoms with Crippen molar-refractivity contribution in [1.29, 1.82) is 0 Å². The van der Waals surface area contributed by atoms with Crippen molar-refractivity contribution in [3.63, 3.8) is 0 Å². The minimum absolute atomic E-state index is 0. The molecule has 0 aromatic rings. The second-order valence-corrected chi connectivity index (χ2v) is 8.30. The zero-order valence-electron chi connectivity index (χ0n) is 17.2. The number of likely N-dealkylation sites (tertiary alicyclic amines) is 1. The van der Waals surface area contributed by atoms with Gasteiger partial charge in [0.2, 0.25) is 5.91 Å². The Bertz CT molecular complexity index is 475. The first kappa shape index (κ1) is 23.5. The van der Waals surface area contributed by atoms with E-state index in [1.165, 1.54) is 12.8 Å². The van der Waals surface area contributed by atoms with Gasteiger partial charge in [0, 0.05) is 37.1 Å². The Morgan fingerprint density at radius 1 is 1.23 bits per heavy atom. The molecule has 2 rings (SSSR count). The highest BCUT2D eigenvalue weighted by molar-refractivity contribution is 14.0. The van der Waals surface area contributed by atoms with Crippen molar-refractivity contribution >= 4 is 35.8 Å². The van der Waals surface area contributed by atoms with E-state index in [1.807, 2.05) is 0 Å². The summed E-state index contributed by atoms with van der Waals surface area (Å²) in [6.45, 7) is 9.71. The molecule has 0 radical (unpaired) electrons. The van der Waals surface area contributed by atoms with Gasteiger partial charge in [-0.15, -0.1) is 24.0 Å². The molecule has 2 fully saturated rings. The molecule has 1 aliphatic heterocycles. The van der Waals surface area contributed by atoms with Crippen LogP contribution in [0.3, 0.4) is 0 Å². The van der Waals surface area contributed by atoms with Crippen LogP contribution in [-0.2, 0) is 4.79 Å². The largest absolute Gasteiger partial charge is 0.357 e. The highest BCUT2D eigenvalue weighted by Gasteiger charge is 2.32. The summed E-state index contributed by atoms with van der Waals surface area (Å²) in [5.41, 5.74) is 0.0164. The van der Waals surface area contributed by atoms with E-state index in [2.05, 4.69) is 55.3 Å². The van der Waals surface area contributed by atoms with Crippen LogP contribution in [0.1, 0.15) is 52.9 Å². The normalized spacial score (nSPS) is 21.8. The highest BCUT2D eigenvalue weighted by atomic mass is 127. The molecule has 26 heavy (non-hydrogen) atoms. The predicted molar refractivity (Wildman–Crippen MR) is 119 cm³/mol. The Labute approximate surface area is 176 Å². The number of hydrogen-bond donors (Lipinski definition) is 2. The zero-order valence-corrected chi connectivity index (χ0v) is 19.5. The van der Waals surface area contributed by atoms with Gasteiger partial charge in [-0.05, 0) is 54.1 Å². The van der Waals surface area contributed by atoms with Crippen LogP contribution in [-0.4, -0.2) is 73.5 Å². The number of nitrogens with zero attached hydrogens (tertiary/aromatic N) is 3. The molecule has 7 heteroatoms. The molecular formula is C19H38IN5O. The van der Waals surface area contributed by atoms with Gasteiger partial charge in [-0.25, -0.2) is 0 Å². The summed E-state index contributed by atoms with van der Waals surface area (Å²) in [5.74, 6) is 1.51. The second-order valence-electron chi connectivity index (χ2n) is 8.30. The third-order valence-corrected chi connectivity index (χ3v) is 5.72. The summed E-state index contributed by atoms with van der Waals surface area (Å²) in [5, 5.41) is 6.87. The maximum absolute atomic E-state index is 12.6. The van der Waals surface area contributed by atoms with Gasteiger partial charge in [-0.2, -0.15) is 0 Å². The Morgan fingerprint density at radius 3 is 2.46 bits per heavy atom. The number of likely N-dealkylation sites (N-methyl/N-ethyl adjacent to an activating group) is 1. The summed E-state index contributed by atoms with van der Waals surface area (Å²) in [7, 11) is 4.17. The third-order valence-electron chi connectivity index (χ3n) is 5.72. The van der Waals surface area contributed by atoms with Crippen LogP contribution in [0, 0.1) is 5.92 Å². The maximum Gasteiger partial charge on any atom is 0.225 e. The second kappa shape index (κ2) is 10.7. The smallest absolute Gasteiger partial charge is 0.225 e. The highest BCUT2D eigenvalue weighted by Crippen LogP contribution is 2.27. The minimum Gasteiger partial charge on any atom is -0.357 e. The van der Waals surface area contributed by atoms with Crippen molar-refractivity contribution in [2.45, 2.75) is 64.5 Å². The minimum atomic E-state index is 0. The quantitative estimate of drug-likeness (QED) is 0.349. The van der Waals surface area contributed by atoms with E-state index in [0.29, 0.717) is 11.9 Å². The summed E-state index contributed by atoms with van der Waals surface area (Å²) in [6, 6.07) is 0.297. The molecule has 0 spiro atoms. The lowest BCUT2D eigenvalue weighted by Crippen LogP contribution is -2.47. The average molecular weight is 479 g/mol. The van der Waals surface area contributed by atoms with Gasteiger partial charge >= 0.3 is 0 Å². The standard InChI is InChI=1S/C19H37N5O.HI/c1-6-20-18(21-14-19(2,3)23(4)5)22-16-11-12-24(13-16)17(25)15-9-7-8-10-15;/h15-16H,6-14H2,1-5H3,(H2,20,21,22);1H. The number of halogens is 1. The number of amides is 1. The Balaban J connectivity index is 0.00000338. The van der Waals surface area contributed by atoms with Crippen molar-refractivity contribution in [1.82, 2.24) is 20.4 Å². The Morgan fingerprint density at radius 2 is 1.88 bits per heavy atom. The fourth-order valence-electron chi connectivity index (χ4n) is 3.44. The van der Waals surface area contributed by atoms with E-state index in [-0.39, 0.29) is 35.4 Å². The lowest BCUT2D eigenvalue weighted by molar-refractivity contribution is -0.134.